The predicted molar refractivity (Wildman–Crippen MR) is 160 cm³/mol. The van der Waals surface area contributed by atoms with Gasteiger partial charge in [-0.1, -0.05) is 96.1 Å². The largest absolute Gasteiger partial charge is 0.326 e. The standard InChI is InChI=1S/C35H42N2O2/c1-21-30(36-32(38)28-19-26(28)22-11-15-24(16-12-22)34(2,3)4)9-8-10-31(21)37-33(39)29-20-27(29)23-13-17-25(18-14-23)35(5,6)7/h8-18,26-29H,19-20H2,1-7H3,(H,36,38)(H,37,39)/t26-,27+,28-,29-/m1/s1. The Kier molecular flexibility index (Phi) is 6.95. The Bertz CT molecular complexity index is 1270. The van der Waals surface area contributed by atoms with Crippen LogP contribution in [0.2, 0.25) is 0 Å². The van der Waals surface area contributed by atoms with E-state index in [2.05, 4.69) is 101 Å². The average Bonchev–Trinajstić information content (AvgIpc) is 3.79. The molecular formula is C35H42N2O2. The van der Waals surface area contributed by atoms with Gasteiger partial charge >= 0.3 is 0 Å². The number of carbonyl (C=O) groups excluding carboxylic acids is 2. The monoisotopic (exact) mass is 522 g/mol. The zero-order valence-electron chi connectivity index (χ0n) is 24.4. The zero-order chi connectivity index (χ0) is 28.1. The fraction of sp³-hybridized carbons (Fsp3) is 0.429. The lowest BCUT2D eigenvalue weighted by atomic mass is 9.86. The van der Waals surface area contributed by atoms with Crippen molar-refractivity contribution in [2.45, 2.75) is 84.0 Å². The highest BCUT2D eigenvalue weighted by molar-refractivity contribution is 5.99. The molecule has 0 aliphatic heterocycles. The van der Waals surface area contributed by atoms with Gasteiger partial charge < -0.3 is 10.6 Å². The summed E-state index contributed by atoms with van der Waals surface area (Å²) in [6.07, 6.45) is 1.74. The quantitative estimate of drug-likeness (QED) is 0.344. The smallest absolute Gasteiger partial charge is 0.228 e. The van der Waals surface area contributed by atoms with Crippen LogP contribution in [-0.4, -0.2) is 11.8 Å². The maximum absolute atomic E-state index is 13.1. The maximum atomic E-state index is 13.1. The Morgan fingerprint density at radius 3 is 1.31 bits per heavy atom. The molecule has 4 nitrogen and oxygen atoms in total. The van der Waals surface area contributed by atoms with Gasteiger partial charge in [-0.2, -0.15) is 0 Å². The van der Waals surface area contributed by atoms with Crippen molar-refractivity contribution in [2.75, 3.05) is 10.6 Å². The van der Waals surface area contributed by atoms with E-state index in [4.69, 9.17) is 0 Å². The molecule has 3 aromatic rings. The summed E-state index contributed by atoms with van der Waals surface area (Å²) in [6, 6.07) is 23.1. The van der Waals surface area contributed by atoms with Crippen LogP contribution in [0.1, 0.15) is 94.0 Å². The van der Waals surface area contributed by atoms with Crippen molar-refractivity contribution in [3.8, 4) is 0 Å². The van der Waals surface area contributed by atoms with Crippen molar-refractivity contribution >= 4 is 23.2 Å². The number of hydrogen-bond acceptors (Lipinski definition) is 2. The molecule has 0 saturated heterocycles. The molecule has 4 atom stereocenters. The Morgan fingerprint density at radius 1 is 0.615 bits per heavy atom. The van der Waals surface area contributed by atoms with E-state index in [1.807, 2.05) is 25.1 Å². The SMILES string of the molecule is Cc1c(NC(=O)[C@@H]2C[C@@H]2c2ccc(C(C)(C)C)cc2)cccc1NC(=O)[C@@H]1C[C@H]1c1ccc(C(C)(C)C)cc1. The summed E-state index contributed by atoms with van der Waals surface area (Å²) < 4.78 is 0. The molecule has 2 aliphatic carbocycles. The van der Waals surface area contributed by atoms with Crippen LogP contribution < -0.4 is 10.6 Å². The molecule has 0 heterocycles. The van der Waals surface area contributed by atoms with Crippen LogP contribution in [0.3, 0.4) is 0 Å². The normalized spacial score (nSPS) is 22.2. The van der Waals surface area contributed by atoms with Gasteiger partial charge in [-0.05, 0) is 82.4 Å². The molecule has 5 rings (SSSR count). The highest BCUT2D eigenvalue weighted by atomic mass is 16.2. The molecule has 0 aromatic heterocycles. The van der Waals surface area contributed by atoms with Crippen LogP contribution >= 0.6 is 0 Å². The van der Waals surface area contributed by atoms with Crippen LogP contribution in [0.15, 0.2) is 66.7 Å². The summed E-state index contributed by atoms with van der Waals surface area (Å²) in [6.45, 7) is 15.2. The molecule has 2 N–H and O–H groups in total. The summed E-state index contributed by atoms with van der Waals surface area (Å²) in [4.78, 5) is 26.2. The highest BCUT2D eigenvalue weighted by Gasteiger charge is 2.45. The average molecular weight is 523 g/mol. The molecule has 204 valence electrons. The number of hydrogen-bond donors (Lipinski definition) is 2. The molecule has 0 spiro atoms. The van der Waals surface area contributed by atoms with E-state index in [-0.39, 0.29) is 46.3 Å². The van der Waals surface area contributed by atoms with Gasteiger partial charge in [-0.15, -0.1) is 0 Å². The van der Waals surface area contributed by atoms with Gasteiger partial charge in [0.1, 0.15) is 0 Å². The first kappa shape index (κ1) is 27.2. The van der Waals surface area contributed by atoms with Crippen molar-refractivity contribution in [2.24, 2.45) is 11.8 Å². The van der Waals surface area contributed by atoms with Crippen LogP contribution in [0.5, 0.6) is 0 Å². The number of anilines is 2. The lowest BCUT2D eigenvalue weighted by Gasteiger charge is -2.19. The summed E-state index contributed by atoms with van der Waals surface area (Å²) in [5.41, 5.74) is 7.72. The maximum Gasteiger partial charge on any atom is 0.228 e. The molecule has 2 amide bonds. The fourth-order valence-corrected chi connectivity index (χ4v) is 5.52. The summed E-state index contributed by atoms with van der Waals surface area (Å²) in [5, 5.41) is 6.26. The number of amides is 2. The van der Waals surface area contributed by atoms with E-state index in [9.17, 15) is 9.59 Å². The first-order valence-corrected chi connectivity index (χ1v) is 14.2. The molecule has 3 aromatic carbocycles. The Hall–Kier alpha value is -3.40. The molecule has 2 aliphatic rings. The number of rotatable bonds is 6. The molecule has 0 unspecified atom stereocenters. The molecule has 2 fully saturated rings. The topological polar surface area (TPSA) is 58.2 Å². The number of benzene rings is 3. The Morgan fingerprint density at radius 2 is 0.974 bits per heavy atom. The van der Waals surface area contributed by atoms with Crippen molar-refractivity contribution in [1.29, 1.82) is 0 Å². The van der Waals surface area contributed by atoms with E-state index < -0.39 is 0 Å². The van der Waals surface area contributed by atoms with Gasteiger partial charge in [0, 0.05) is 23.2 Å². The van der Waals surface area contributed by atoms with Crippen LogP contribution in [-0.2, 0) is 20.4 Å². The van der Waals surface area contributed by atoms with Crippen molar-refractivity contribution < 1.29 is 9.59 Å². The molecule has 0 radical (unpaired) electrons. The second-order valence-corrected chi connectivity index (χ2v) is 13.6. The molecular weight excluding hydrogens is 480 g/mol. The van der Waals surface area contributed by atoms with Gasteiger partial charge in [-0.25, -0.2) is 0 Å². The third-order valence-corrected chi connectivity index (χ3v) is 8.51. The summed E-state index contributed by atoms with van der Waals surface area (Å²) in [5.74, 6) is 0.609. The second kappa shape index (κ2) is 9.97. The van der Waals surface area contributed by atoms with Crippen molar-refractivity contribution in [1.82, 2.24) is 0 Å². The number of carbonyl (C=O) groups is 2. The van der Waals surface area contributed by atoms with Crippen molar-refractivity contribution in [3.63, 3.8) is 0 Å². The van der Waals surface area contributed by atoms with E-state index >= 15 is 0 Å². The Labute approximate surface area is 233 Å². The first-order chi connectivity index (χ1) is 18.3. The van der Waals surface area contributed by atoms with E-state index in [1.165, 1.54) is 22.3 Å². The summed E-state index contributed by atoms with van der Waals surface area (Å²) >= 11 is 0. The second-order valence-electron chi connectivity index (χ2n) is 13.6. The van der Waals surface area contributed by atoms with Crippen molar-refractivity contribution in [3.05, 3.63) is 94.5 Å². The fourth-order valence-electron chi connectivity index (χ4n) is 5.52. The lowest BCUT2D eigenvalue weighted by molar-refractivity contribution is -0.118. The van der Waals surface area contributed by atoms with E-state index in [0.717, 1.165) is 29.8 Å². The van der Waals surface area contributed by atoms with Gasteiger partial charge in [0.25, 0.3) is 0 Å². The van der Waals surface area contributed by atoms with Crippen LogP contribution in [0.25, 0.3) is 0 Å². The Balaban J connectivity index is 1.18. The molecule has 39 heavy (non-hydrogen) atoms. The molecule has 4 heteroatoms. The minimum Gasteiger partial charge on any atom is -0.326 e. The summed E-state index contributed by atoms with van der Waals surface area (Å²) in [7, 11) is 0. The predicted octanol–water partition coefficient (Wildman–Crippen LogP) is 8.07. The van der Waals surface area contributed by atoms with Gasteiger partial charge in [0.15, 0.2) is 0 Å². The van der Waals surface area contributed by atoms with Gasteiger partial charge in [-0.3, -0.25) is 9.59 Å². The zero-order valence-corrected chi connectivity index (χ0v) is 24.4. The van der Waals surface area contributed by atoms with Gasteiger partial charge in [0.2, 0.25) is 11.8 Å². The molecule has 2 saturated carbocycles. The first-order valence-electron chi connectivity index (χ1n) is 14.2. The van der Waals surface area contributed by atoms with E-state index in [1.54, 1.807) is 0 Å². The van der Waals surface area contributed by atoms with Crippen LogP contribution in [0, 0.1) is 18.8 Å². The number of nitrogens with one attached hydrogen (secondary N) is 2. The molecule has 0 bridgehead atoms. The minimum atomic E-state index is -0.0139. The highest BCUT2D eigenvalue weighted by Crippen LogP contribution is 2.49. The minimum absolute atomic E-state index is 0.0139. The third kappa shape index (κ3) is 5.95. The third-order valence-electron chi connectivity index (χ3n) is 8.51. The van der Waals surface area contributed by atoms with E-state index in [0.29, 0.717) is 0 Å². The van der Waals surface area contributed by atoms with Gasteiger partial charge in [0.05, 0.1) is 0 Å². The lowest BCUT2D eigenvalue weighted by Crippen LogP contribution is -2.18. The van der Waals surface area contributed by atoms with Crippen LogP contribution in [0.4, 0.5) is 11.4 Å².